The van der Waals surface area contributed by atoms with Gasteiger partial charge in [0.15, 0.2) is 0 Å². The third kappa shape index (κ3) is 3.37. The number of benzene rings is 1. The lowest BCUT2D eigenvalue weighted by Crippen LogP contribution is -2.37. The molecule has 0 bridgehead atoms. The summed E-state index contributed by atoms with van der Waals surface area (Å²) in [5.74, 6) is 1.57. The molecule has 1 saturated heterocycles. The molecule has 0 radical (unpaired) electrons. The van der Waals surface area contributed by atoms with Crippen molar-refractivity contribution < 1.29 is 0 Å². The standard InChI is InChI=1S/C14H19Cl2N/c1-2-11-9-17-6-5-12(11)7-10-3-4-13(15)14(16)8-10/h3-4,8,11-12,17H,2,5-7,9H2,1H3. The van der Waals surface area contributed by atoms with Gasteiger partial charge in [-0.1, -0.05) is 42.6 Å². The number of hydrogen-bond acceptors (Lipinski definition) is 1. The van der Waals surface area contributed by atoms with Gasteiger partial charge in [-0.25, -0.2) is 0 Å². The van der Waals surface area contributed by atoms with Crippen molar-refractivity contribution in [3.05, 3.63) is 33.8 Å². The van der Waals surface area contributed by atoms with E-state index in [1.165, 1.54) is 18.4 Å². The number of hydrogen-bond donors (Lipinski definition) is 1. The summed E-state index contributed by atoms with van der Waals surface area (Å²) in [6.45, 7) is 4.57. The maximum atomic E-state index is 6.06. The molecule has 2 atom stereocenters. The summed E-state index contributed by atoms with van der Waals surface area (Å²) >= 11 is 12.0. The third-order valence-corrected chi connectivity index (χ3v) is 4.51. The molecule has 1 fully saturated rings. The van der Waals surface area contributed by atoms with E-state index < -0.39 is 0 Å². The van der Waals surface area contributed by atoms with Gasteiger partial charge in [0.05, 0.1) is 10.0 Å². The minimum absolute atomic E-state index is 0.646. The first kappa shape index (κ1) is 13.2. The number of nitrogens with one attached hydrogen (secondary N) is 1. The summed E-state index contributed by atoms with van der Waals surface area (Å²) in [7, 11) is 0. The topological polar surface area (TPSA) is 12.0 Å². The van der Waals surface area contributed by atoms with Crippen molar-refractivity contribution in [3.63, 3.8) is 0 Å². The molecule has 0 aliphatic carbocycles. The Morgan fingerprint density at radius 2 is 2.06 bits per heavy atom. The van der Waals surface area contributed by atoms with Crippen LogP contribution in [0.1, 0.15) is 25.3 Å². The fraction of sp³-hybridized carbons (Fsp3) is 0.571. The first-order valence-corrected chi connectivity index (χ1v) is 7.11. The van der Waals surface area contributed by atoms with Crippen molar-refractivity contribution in [2.24, 2.45) is 11.8 Å². The molecular weight excluding hydrogens is 253 g/mol. The molecule has 2 rings (SSSR count). The predicted molar refractivity (Wildman–Crippen MR) is 74.9 cm³/mol. The van der Waals surface area contributed by atoms with Crippen LogP contribution in [0.3, 0.4) is 0 Å². The van der Waals surface area contributed by atoms with Crippen molar-refractivity contribution in [2.75, 3.05) is 13.1 Å². The molecule has 17 heavy (non-hydrogen) atoms. The molecule has 1 N–H and O–H groups in total. The molecule has 94 valence electrons. The van der Waals surface area contributed by atoms with Crippen LogP contribution >= 0.6 is 23.2 Å². The predicted octanol–water partition coefficient (Wildman–Crippen LogP) is 4.17. The van der Waals surface area contributed by atoms with Crippen LogP contribution in [-0.4, -0.2) is 13.1 Å². The number of piperidine rings is 1. The van der Waals surface area contributed by atoms with Gasteiger partial charge in [0, 0.05) is 0 Å². The molecule has 0 saturated carbocycles. The molecule has 1 aliphatic heterocycles. The zero-order valence-electron chi connectivity index (χ0n) is 10.2. The summed E-state index contributed by atoms with van der Waals surface area (Å²) in [6, 6.07) is 6.02. The van der Waals surface area contributed by atoms with Crippen LogP contribution in [0.2, 0.25) is 10.0 Å². The minimum atomic E-state index is 0.646. The van der Waals surface area contributed by atoms with Crippen LogP contribution in [0.25, 0.3) is 0 Å². The van der Waals surface area contributed by atoms with Gasteiger partial charge in [0.2, 0.25) is 0 Å². The average molecular weight is 272 g/mol. The zero-order valence-corrected chi connectivity index (χ0v) is 11.7. The van der Waals surface area contributed by atoms with Crippen molar-refractivity contribution in [1.29, 1.82) is 0 Å². The smallest absolute Gasteiger partial charge is 0.0595 e. The highest BCUT2D eigenvalue weighted by Crippen LogP contribution is 2.29. The van der Waals surface area contributed by atoms with Gasteiger partial charge in [-0.2, -0.15) is 0 Å². The van der Waals surface area contributed by atoms with E-state index >= 15 is 0 Å². The van der Waals surface area contributed by atoms with Gasteiger partial charge in [-0.3, -0.25) is 0 Å². The monoisotopic (exact) mass is 271 g/mol. The molecule has 2 unspecified atom stereocenters. The second-order valence-electron chi connectivity index (χ2n) is 4.87. The molecule has 0 amide bonds. The zero-order chi connectivity index (χ0) is 12.3. The lowest BCUT2D eigenvalue weighted by Gasteiger charge is -2.31. The van der Waals surface area contributed by atoms with Crippen LogP contribution in [0.5, 0.6) is 0 Å². The van der Waals surface area contributed by atoms with Crippen molar-refractivity contribution in [2.45, 2.75) is 26.2 Å². The summed E-state index contributed by atoms with van der Waals surface area (Å²) in [5, 5.41) is 4.79. The molecule has 1 aromatic carbocycles. The largest absolute Gasteiger partial charge is 0.316 e. The van der Waals surface area contributed by atoms with Crippen LogP contribution in [-0.2, 0) is 6.42 Å². The fourth-order valence-corrected chi connectivity index (χ4v) is 3.01. The summed E-state index contributed by atoms with van der Waals surface area (Å²) in [6.07, 6.45) is 3.63. The highest BCUT2D eigenvalue weighted by Gasteiger charge is 2.23. The average Bonchev–Trinajstić information content (AvgIpc) is 2.34. The van der Waals surface area contributed by atoms with E-state index in [1.807, 2.05) is 12.1 Å². The van der Waals surface area contributed by atoms with E-state index in [9.17, 15) is 0 Å². The lowest BCUT2D eigenvalue weighted by atomic mass is 9.80. The van der Waals surface area contributed by atoms with Gasteiger partial charge < -0.3 is 5.32 Å². The molecule has 3 heteroatoms. The highest BCUT2D eigenvalue weighted by molar-refractivity contribution is 6.42. The molecule has 1 heterocycles. The Labute approximate surface area is 114 Å². The maximum absolute atomic E-state index is 6.06. The summed E-state index contributed by atoms with van der Waals surface area (Å²) < 4.78 is 0. The maximum Gasteiger partial charge on any atom is 0.0595 e. The van der Waals surface area contributed by atoms with E-state index in [0.717, 1.165) is 31.3 Å². The van der Waals surface area contributed by atoms with Gasteiger partial charge in [0.25, 0.3) is 0 Å². The second kappa shape index (κ2) is 6.08. The van der Waals surface area contributed by atoms with Crippen LogP contribution < -0.4 is 5.32 Å². The van der Waals surface area contributed by atoms with Crippen LogP contribution in [0.15, 0.2) is 18.2 Å². The van der Waals surface area contributed by atoms with Gasteiger partial charge in [0.1, 0.15) is 0 Å². The van der Waals surface area contributed by atoms with E-state index in [1.54, 1.807) is 0 Å². The summed E-state index contributed by atoms with van der Waals surface area (Å²) in [5.41, 5.74) is 1.31. The Morgan fingerprint density at radius 3 is 2.76 bits per heavy atom. The fourth-order valence-electron chi connectivity index (χ4n) is 2.69. The minimum Gasteiger partial charge on any atom is -0.316 e. The lowest BCUT2D eigenvalue weighted by molar-refractivity contribution is 0.246. The van der Waals surface area contributed by atoms with Crippen molar-refractivity contribution >= 4 is 23.2 Å². The summed E-state index contributed by atoms with van der Waals surface area (Å²) in [4.78, 5) is 0. The SMILES string of the molecule is CCC1CNCCC1Cc1ccc(Cl)c(Cl)c1. The Kier molecular flexibility index (Phi) is 4.72. The van der Waals surface area contributed by atoms with Gasteiger partial charge >= 0.3 is 0 Å². The number of rotatable bonds is 3. The second-order valence-corrected chi connectivity index (χ2v) is 5.69. The Bertz CT molecular complexity index is 378. The normalized spacial score (nSPS) is 24.9. The van der Waals surface area contributed by atoms with E-state index in [-0.39, 0.29) is 0 Å². The van der Waals surface area contributed by atoms with Gasteiger partial charge in [-0.15, -0.1) is 0 Å². The Morgan fingerprint density at radius 1 is 1.24 bits per heavy atom. The van der Waals surface area contributed by atoms with Crippen molar-refractivity contribution in [1.82, 2.24) is 5.32 Å². The van der Waals surface area contributed by atoms with E-state index in [2.05, 4.69) is 18.3 Å². The molecule has 1 aromatic rings. The quantitative estimate of drug-likeness (QED) is 0.870. The van der Waals surface area contributed by atoms with E-state index in [4.69, 9.17) is 23.2 Å². The van der Waals surface area contributed by atoms with Gasteiger partial charge in [-0.05, 0) is 55.5 Å². The molecule has 0 spiro atoms. The van der Waals surface area contributed by atoms with E-state index in [0.29, 0.717) is 10.0 Å². The molecule has 1 nitrogen and oxygen atoms in total. The molecular formula is C14H19Cl2N. The molecule has 1 aliphatic rings. The van der Waals surface area contributed by atoms with Crippen molar-refractivity contribution in [3.8, 4) is 0 Å². The van der Waals surface area contributed by atoms with Crippen LogP contribution in [0.4, 0.5) is 0 Å². The van der Waals surface area contributed by atoms with Crippen LogP contribution in [0, 0.1) is 11.8 Å². The highest BCUT2D eigenvalue weighted by atomic mass is 35.5. The Balaban J connectivity index is 2.05. The Hall–Kier alpha value is -0.240. The first-order chi connectivity index (χ1) is 8.20. The number of halogens is 2. The molecule has 0 aromatic heterocycles. The third-order valence-electron chi connectivity index (χ3n) is 3.77. The first-order valence-electron chi connectivity index (χ1n) is 6.35.